The summed E-state index contributed by atoms with van der Waals surface area (Å²) in [5.41, 5.74) is 1.27. The fourth-order valence-electron chi connectivity index (χ4n) is 2.43. The van der Waals surface area contributed by atoms with Crippen LogP contribution in [0.25, 0.3) is 0 Å². The van der Waals surface area contributed by atoms with Crippen molar-refractivity contribution in [3.63, 3.8) is 0 Å². The van der Waals surface area contributed by atoms with Crippen LogP contribution in [0.5, 0.6) is 0 Å². The van der Waals surface area contributed by atoms with E-state index in [1.165, 1.54) is 13.3 Å². The zero-order chi connectivity index (χ0) is 17.8. The smallest absolute Gasteiger partial charge is 0.338 e. The number of carbonyl (C=O) groups excluding carboxylic acids is 3. The summed E-state index contributed by atoms with van der Waals surface area (Å²) in [7, 11) is 0. The van der Waals surface area contributed by atoms with Crippen LogP contribution in [-0.2, 0) is 16.1 Å². The number of carbonyl (C=O) groups is 3. The maximum absolute atomic E-state index is 12.2. The molecule has 0 spiro atoms. The number of nitrogens with zero attached hydrogens (tertiary/aromatic N) is 4. The molecule has 0 aliphatic carbocycles. The van der Waals surface area contributed by atoms with E-state index in [0.29, 0.717) is 18.7 Å². The molecule has 25 heavy (non-hydrogen) atoms. The molecule has 2 heterocycles. The number of nitrogens with one attached hydrogen (secondary N) is 1. The highest BCUT2D eigenvalue weighted by Crippen LogP contribution is 2.10. The lowest BCUT2D eigenvalue weighted by Gasteiger charge is -2.18. The lowest BCUT2D eigenvalue weighted by molar-refractivity contribution is -0.136. The highest BCUT2D eigenvalue weighted by molar-refractivity contribution is 5.99. The van der Waals surface area contributed by atoms with Gasteiger partial charge in [0.05, 0.1) is 12.1 Å². The Morgan fingerprint density at radius 3 is 2.68 bits per heavy atom. The minimum atomic E-state index is -1.04. The summed E-state index contributed by atoms with van der Waals surface area (Å²) in [6.45, 7) is 2.66. The van der Waals surface area contributed by atoms with E-state index in [2.05, 4.69) is 15.4 Å². The van der Waals surface area contributed by atoms with E-state index in [0.717, 1.165) is 10.5 Å². The molecular formula is C16H17N5O4. The van der Waals surface area contributed by atoms with Gasteiger partial charge in [-0.25, -0.2) is 19.3 Å². The number of benzene rings is 1. The Morgan fingerprint density at radius 2 is 2.08 bits per heavy atom. The molecule has 3 rings (SSSR count). The number of hydrogen-bond acceptors (Lipinski definition) is 6. The first-order valence-corrected chi connectivity index (χ1v) is 7.76. The van der Waals surface area contributed by atoms with Gasteiger partial charge in [-0.2, -0.15) is 5.10 Å². The number of esters is 1. The Hall–Kier alpha value is -3.23. The highest BCUT2D eigenvalue weighted by Gasteiger charge is 2.31. The summed E-state index contributed by atoms with van der Waals surface area (Å²) in [5.74, 6) is -1.15. The Balaban J connectivity index is 1.59. The number of imide groups is 1. The summed E-state index contributed by atoms with van der Waals surface area (Å²) in [6.07, 6.45) is 2.01. The van der Waals surface area contributed by atoms with Crippen molar-refractivity contribution in [2.24, 2.45) is 0 Å². The molecule has 0 radical (unpaired) electrons. The average Bonchev–Trinajstić information content (AvgIpc) is 3.26. The predicted octanol–water partition coefficient (Wildman–Crippen LogP) is 0.424. The molecule has 130 valence electrons. The van der Waals surface area contributed by atoms with E-state index in [-0.39, 0.29) is 6.54 Å². The maximum Gasteiger partial charge on any atom is 0.338 e. The second-order valence-electron chi connectivity index (χ2n) is 5.56. The lowest BCUT2D eigenvalue weighted by atomic mass is 10.1. The van der Waals surface area contributed by atoms with Crippen molar-refractivity contribution in [2.75, 3.05) is 13.1 Å². The van der Waals surface area contributed by atoms with Crippen LogP contribution in [0.15, 0.2) is 36.9 Å². The van der Waals surface area contributed by atoms with Gasteiger partial charge < -0.3 is 10.1 Å². The molecule has 0 bridgehead atoms. The topological polar surface area (TPSA) is 106 Å². The van der Waals surface area contributed by atoms with E-state index in [1.807, 2.05) is 0 Å². The van der Waals surface area contributed by atoms with Crippen LogP contribution in [0.1, 0.15) is 22.8 Å². The van der Waals surface area contributed by atoms with Crippen LogP contribution >= 0.6 is 0 Å². The van der Waals surface area contributed by atoms with E-state index >= 15 is 0 Å². The van der Waals surface area contributed by atoms with Gasteiger partial charge in [0, 0.05) is 13.1 Å². The average molecular weight is 343 g/mol. The van der Waals surface area contributed by atoms with Gasteiger partial charge in [0.1, 0.15) is 12.7 Å². The SMILES string of the molecule is C[C@@H](OC(=O)c1ccc(Cn2cncn2)cc1)C(=O)N1CCNC1=O. The Kier molecular flexibility index (Phi) is 4.73. The number of ether oxygens (including phenoxy) is 1. The number of urea groups is 1. The molecule has 1 aliphatic rings. The van der Waals surface area contributed by atoms with Gasteiger partial charge in [-0.3, -0.25) is 9.69 Å². The largest absolute Gasteiger partial charge is 0.449 e. The summed E-state index contributed by atoms with van der Waals surface area (Å²) in [6, 6.07) is 6.32. The minimum Gasteiger partial charge on any atom is -0.449 e. The first-order valence-electron chi connectivity index (χ1n) is 7.76. The Labute approximate surface area is 143 Å². The van der Waals surface area contributed by atoms with Crippen molar-refractivity contribution >= 4 is 17.9 Å². The van der Waals surface area contributed by atoms with Crippen molar-refractivity contribution in [2.45, 2.75) is 19.6 Å². The van der Waals surface area contributed by atoms with Crippen LogP contribution in [0.2, 0.25) is 0 Å². The monoisotopic (exact) mass is 343 g/mol. The van der Waals surface area contributed by atoms with E-state index in [1.54, 1.807) is 35.3 Å². The molecule has 1 saturated heterocycles. The second kappa shape index (κ2) is 7.12. The van der Waals surface area contributed by atoms with Crippen LogP contribution in [0.3, 0.4) is 0 Å². The van der Waals surface area contributed by atoms with Gasteiger partial charge in [0.2, 0.25) is 0 Å². The molecular weight excluding hydrogens is 326 g/mol. The highest BCUT2D eigenvalue weighted by atomic mass is 16.5. The van der Waals surface area contributed by atoms with Crippen molar-refractivity contribution in [3.05, 3.63) is 48.0 Å². The first-order chi connectivity index (χ1) is 12.0. The zero-order valence-corrected chi connectivity index (χ0v) is 13.6. The number of rotatable bonds is 5. The second-order valence-corrected chi connectivity index (χ2v) is 5.56. The van der Waals surface area contributed by atoms with Crippen LogP contribution in [-0.4, -0.2) is 56.8 Å². The van der Waals surface area contributed by atoms with Crippen molar-refractivity contribution in [1.29, 1.82) is 0 Å². The standard InChI is InChI=1S/C16H17N5O4/c1-11(14(22)21-7-6-18-16(21)24)25-15(23)13-4-2-12(3-5-13)8-20-10-17-9-19-20/h2-5,9-11H,6-8H2,1H3,(H,18,24)/t11-/m1/s1. The van der Waals surface area contributed by atoms with Gasteiger partial charge in [0.15, 0.2) is 6.10 Å². The van der Waals surface area contributed by atoms with Crippen LogP contribution < -0.4 is 5.32 Å². The Bertz CT molecular complexity index is 772. The van der Waals surface area contributed by atoms with Crippen molar-refractivity contribution < 1.29 is 19.1 Å². The van der Waals surface area contributed by atoms with Crippen molar-refractivity contribution in [3.8, 4) is 0 Å². The number of amides is 3. The van der Waals surface area contributed by atoms with Gasteiger partial charge in [-0.05, 0) is 24.6 Å². The molecule has 1 N–H and O–H groups in total. The molecule has 9 nitrogen and oxygen atoms in total. The third-order valence-corrected chi connectivity index (χ3v) is 3.76. The summed E-state index contributed by atoms with van der Waals surface area (Å²) >= 11 is 0. The molecule has 1 aromatic carbocycles. The van der Waals surface area contributed by atoms with Crippen molar-refractivity contribution in [1.82, 2.24) is 25.0 Å². The summed E-state index contributed by atoms with van der Waals surface area (Å²) in [5, 5.41) is 6.54. The van der Waals surface area contributed by atoms with Crippen LogP contribution in [0.4, 0.5) is 4.79 Å². The molecule has 1 aromatic heterocycles. The van der Waals surface area contributed by atoms with Gasteiger partial charge in [-0.15, -0.1) is 0 Å². The molecule has 0 unspecified atom stereocenters. The fourth-order valence-corrected chi connectivity index (χ4v) is 2.43. The summed E-state index contributed by atoms with van der Waals surface area (Å²) < 4.78 is 6.83. The van der Waals surface area contributed by atoms with E-state index in [4.69, 9.17) is 4.74 Å². The fraction of sp³-hybridized carbons (Fsp3) is 0.312. The third-order valence-electron chi connectivity index (χ3n) is 3.76. The Morgan fingerprint density at radius 1 is 1.32 bits per heavy atom. The predicted molar refractivity (Wildman–Crippen MR) is 85.6 cm³/mol. The molecule has 2 aromatic rings. The lowest BCUT2D eigenvalue weighted by Crippen LogP contribution is -2.41. The normalized spacial score (nSPS) is 14.9. The van der Waals surface area contributed by atoms with Crippen LogP contribution in [0, 0.1) is 0 Å². The molecule has 3 amide bonds. The molecule has 9 heteroatoms. The maximum atomic E-state index is 12.2. The van der Waals surface area contributed by atoms with E-state index in [9.17, 15) is 14.4 Å². The molecule has 1 fully saturated rings. The molecule has 0 saturated carbocycles. The van der Waals surface area contributed by atoms with Gasteiger partial charge in [0.25, 0.3) is 5.91 Å². The zero-order valence-electron chi connectivity index (χ0n) is 13.6. The summed E-state index contributed by atoms with van der Waals surface area (Å²) in [4.78, 5) is 40.7. The van der Waals surface area contributed by atoms with Gasteiger partial charge >= 0.3 is 12.0 Å². The molecule has 1 aliphatic heterocycles. The van der Waals surface area contributed by atoms with E-state index < -0.39 is 24.0 Å². The third kappa shape index (κ3) is 3.82. The quantitative estimate of drug-likeness (QED) is 0.789. The first kappa shape index (κ1) is 16.6. The number of hydrogen-bond donors (Lipinski definition) is 1. The molecule has 1 atom stereocenters. The number of aromatic nitrogens is 3. The van der Waals surface area contributed by atoms with Gasteiger partial charge in [-0.1, -0.05) is 12.1 Å². The minimum absolute atomic E-state index is 0.274.